The van der Waals surface area contributed by atoms with Crippen LogP contribution in [0.5, 0.6) is 0 Å². The lowest BCUT2D eigenvalue weighted by molar-refractivity contribution is 0.583. The maximum absolute atomic E-state index is 12.3. The van der Waals surface area contributed by atoms with Crippen LogP contribution in [0.15, 0.2) is 17.0 Å². The molecule has 0 saturated heterocycles. The third-order valence-corrected chi connectivity index (χ3v) is 5.34. The monoisotopic (exact) mass is 318 g/mol. The van der Waals surface area contributed by atoms with E-state index in [4.69, 9.17) is 5.73 Å². The lowest BCUT2D eigenvalue weighted by atomic mass is 10.1. The van der Waals surface area contributed by atoms with Gasteiger partial charge in [-0.2, -0.15) is 0 Å². The van der Waals surface area contributed by atoms with E-state index in [0.29, 0.717) is 23.4 Å². The molecule has 20 heavy (non-hydrogen) atoms. The smallest absolute Gasteiger partial charge is 0.240 e. The van der Waals surface area contributed by atoms with Gasteiger partial charge in [0.1, 0.15) is 0 Å². The van der Waals surface area contributed by atoms with Gasteiger partial charge in [0.15, 0.2) is 0 Å². The summed E-state index contributed by atoms with van der Waals surface area (Å²) >= 11 is 0. The molecule has 0 aliphatic carbocycles. The second kappa shape index (κ2) is 7.19. The van der Waals surface area contributed by atoms with Gasteiger partial charge in [-0.15, -0.1) is 0 Å². The summed E-state index contributed by atoms with van der Waals surface area (Å²) in [6.45, 7) is 3.98. The molecular weight excluding hydrogens is 296 g/mol. The number of nitrogen functional groups attached to an aromatic ring is 1. The molecule has 0 spiro atoms. The van der Waals surface area contributed by atoms with Crippen molar-refractivity contribution in [2.75, 3.05) is 24.3 Å². The van der Waals surface area contributed by atoms with Gasteiger partial charge in [-0.3, -0.25) is 4.21 Å². The Morgan fingerprint density at radius 2 is 1.90 bits per heavy atom. The number of benzene rings is 1. The summed E-state index contributed by atoms with van der Waals surface area (Å²) < 4.78 is 38.2. The number of sulfonamides is 1. The molecule has 0 saturated carbocycles. The molecule has 1 aromatic rings. The van der Waals surface area contributed by atoms with E-state index in [-0.39, 0.29) is 11.4 Å². The summed E-state index contributed by atoms with van der Waals surface area (Å²) in [5.74, 6) is 0.295. The first-order chi connectivity index (χ1) is 9.31. The van der Waals surface area contributed by atoms with Crippen molar-refractivity contribution in [1.29, 1.82) is 0 Å². The molecule has 1 rings (SSSR count). The highest BCUT2D eigenvalue weighted by Crippen LogP contribution is 2.25. The SMILES string of the molecule is CCc1cc(N)c(CC)c(S(=O)(=O)NCCS(C)=O)c1. The molecule has 7 heteroatoms. The van der Waals surface area contributed by atoms with E-state index in [9.17, 15) is 12.6 Å². The van der Waals surface area contributed by atoms with Crippen LogP contribution in [0.3, 0.4) is 0 Å². The number of nitrogens with two attached hydrogens (primary N) is 1. The minimum absolute atomic E-state index is 0.158. The molecule has 0 amide bonds. The van der Waals surface area contributed by atoms with Gasteiger partial charge in [0.2, 0.25) is 10.0 Å². The molecule has 0 aliphatic heterocycles. The fourth-order valence-corrected chi connectivity index (χ4v) is 3.88. The summed E-state index contributed by atoms with van der Waals surface area (Å²) in [5.41, 5.74) is 7.97. The van der Waals surface area contributed by atoms with Gasteiger partial charge in [0, 0.05) is 35.0 Å². The lowest BCUT2D eigenvalue weighted by Crippen LogP contribution is -2.29. The van der Waals surface area contributed by atoms with Gasteiger partial charge >= 0.3 is 0 Å². The Kier molecular flexibility index (Phi) is 6.16. The van der Waals surface area contributed by atoms with Crippen LogP contribution in [0.25, 0.3) is 0 Å². The van der Waals surface area contributed by atoms with E-state index >= 15 is 0 Å². The molecule has 0 aliphatic rings. The van der Waals surface area contributed by atoms with Crippen LogP contribution in [-0.2, 0) is 33.7 Å². The molecule has 3 N–H and O–H groups in total. The Hall–Kier alpha value is -0.920. The number of aryl methyl sites for hydroxylation is 1. The van der Waals surface area contributed by atoms with Crippen molar-refractivity contribution in [2.24, 2.45) is 0 Å². The summed E-state index contributed by atoms with van der Waals surface area (Å²) in [6.07, 6.45) is 2.81. The Labute approximate surface area is 123 Å². The van der Waals surface area contributed by atoms with Crippen molar-refractivity contribution < 1.29 is 12.6 Å². The van der Waals surface area contributed by atoms with Crippen LogP contribution in [0.1, 0.15) is 25.0 Å². The van der Waals surface area contributed by atoms with Crippen LogP contribution in [0.2, 0.25) is 0 Å². The molecule has 0 aromatic heterocycles. The van der Waals surface area contributed by atoms with Crippen molar-refractivity contribution in [3.63, 3.8) is 0 Å². The van der Waals surface area contributed by atoms with Crippen LogP contribution in [-0.4, -0.2) is 31.2 Å². The molecule has 0 radical (unpaired) electrons. The fraction of sp³-hybridized carbons (Fsp3) is 0.538. The number of hydrogen-bond donors (Lipinski definition) is 2. The number of rotatable bonds is 7. The van der Waals surface area contributed by atoms with Gasteiger partial charge in [0.25, 0.3) is 0 Å². The first-order valence-corrected chi connectivity index (χ1v) is 9.73. The normalized spacial score (nSPS) is 13.3. The van der Waals surface area contributed by atoms with Crippen LogP contribution in [0.4, 0.5) is 5.69 Å². The summed E-state index contributed by atoms with van der Waals surface area (Å²) in [6, 6.07) is 3.49. The first-order valence-electron chi connectivity index (χ1n) is 6.52. The third-order valence-electron chi connectivity index (χ3n) is 3.04. The standard InChI is InChI=1S/C13H22N2O3S2/c1-4-10-8-12(14)11(5-2)13(9-10)20(17,18)15-6-7-19(3)16/h8-9,15H,4-7,14H2,1-3H3. The topological polar surface area (TPSA) is 89.3 Å². The highest BCUT2D eigenvalue weighted by molar-refractivity contribution is 7.89. The van der Waals surface area contributed by atoms with Gasteiger partial charge in [0.05, 0.1) is 4.90 Å². The zero-order valence-electron chi connectivity index (χ0n) is 12.1. The molecule has 1 atom stereocenters. The molecule has 1 unspecified atom stereocenters. The lowest BCUT2D eigenvalue weighted by Gasteiger charge is -2.14. The maximum Gasteiger partial charge on any atom is 0.240 e. The average Bonchev–Trinajstić information content (AvgIpc) is 2.36. The second-order valence-electron chi connectivity index (χ2n) is 4.54. The maximum atomic E-state index is 12.3. The van der Waals surface area contributed by atoms with E-state index in [2.05, 4.69) is 4.72 Å². The molecular formula is C13H22N2O3S2. The van der Waals surface area contributed by atoms with Crippen molar-refractivity contribution in [3.8, 4) is 0 Å². The Morgan fingerprint density at radius 1 is 1.25 bits per heavy atom. The molecule has 0 bridgehead atoms. The fourth-order valence-electron chi connectivity index (χ4n) is 1.95. The zero-order valence-corrected chi connectivity index (χ0v) is 13.7. The Morgan fingerprint density at radius 3 is 2.40 bits per heavy atom. The van der Waals surface area contributed by atoms with E-state index in [1.54, 1.807) is 12.3 Å². The van der Waals surface area contributed by atoms with Gasteiger partial charge in [-0.05, 0) is 36.1 Å². The van der Waals surface area contributed by atoms with E-state index in [0.717, 1.165) is 12.0 Å². The van der Waals surface area contributed by atoms with Gasteiger partial charge in [-0.1, -0.05) is 13.8 Å². The Bertz CT molecular complexity index is 598. The van der Waals surface area contributed by atoms with Gasteiger partial charge < -0.3 is 5.73 Å². The minimum Gasteiger partial charge on any atom is -0.398 e. The molecule has 5 nitrogen and oxygen atoms in total. The minimum atomic E-state index is -3.62. The first kappa shape index (κ1) is 17.1. The van der Waals surface area contributed by atoms with Crippen molar-refractivity contribution in [3.05, 3.63) is 23.3 Å². The molecule has 1 aromatic carbocycles. The van der Waals surface area contributed by atoms with Crippen molar-refractivity contribution >= 4 is 26.5 Å². The van der Waals surface area contributed by atoms with Gasteiger partial charge in [-0.25, -0.2) is 13.1 Å². The predicted octanol–water partition coefficient (Wildman–Crippen LogP) is 1.05. The highest BCUT2D eigenvalue weighted by atomic mass is 32.2. The quantitative estimate of drug-likeness (QED) is 0.735. The van der Waals surface area contributed by atoms with E-state index < -0.39 is 20.8 Å². The van der Waals surface area contributed by atoms with Crippen LogP contribution >= 0.6 is 0 Å². The molecule has 0 heterocycles. The zero-order chi connectivity index (χ0) is 15.3. The highest BCUT2D eigenvalue weighted by Gasteiger charge is 2.20. The average molecular weight is 318 g/mol. The van der Waals surface area contributed by atoms with Crippen LogP contribution < -0.4 is 10.5 Å². The van der Waals surface area contributed by atoms with E-state index in [1.165, 1.54) is 0 Å². The summed E-state index contributed by atoms with van der Waals surface area (Å²) in [5, 5.41) is 0. The molecule has 114 valence electrons. The summed E-state index contributed by atoms with van der Waals surface area (Å²) in [4.78, 5) is 0.235. The summed E-state index contributed by atoms with van der Waals surface area (Å²) in [7, 11) is -4.64. The van der Waals surface area contributed by atoms with Crippen LogP contribution in [0, 0.1) is 0 Å². The number of anilines is 1. The second-order valence-corrected chi connectivity index (χ2v) is 7.83. The largest absolute Gasteiger partial charge is 0.398 e. The van der Waals surface area contributed by atoms with Crippen molar-refractivity contribution in [1.82, 2.24) is 4.72 Å². The van der Waals surface area contributed by atoms with E-state index in [1.807, 2.05) is 19.9 Å². The Balaban J connectivity index is 3.15. The third kappa shape index (κ3) is 4.29. The number of nitrogens with one attached hydrogen (secondary N) is 1. The predicted molar refractivity (Wildman–Crippen MR) is 83.7 cm³/mol. The van der Waals surface area contributed by atoms with Crippen molar-refractivity contribution in [2.45, 2.75) is 31.6 Å². The number of hydrogen-bond acceptors (Lipinski definition) is 4. The molecule has 0 fully saturated rings.